The number of rotatable bonds is 7. The Kier molecular flexibility index (Phi) is 4.89. The molecule has 0 aliphatic heterocycles. The lowest BCUT2D eigenvalue weighted by Gasteiger charge is -2.11. The van der Waals surface area contributed by atoms with Gasteiger partial charge in [-0.2, -0.15) is 0 Å². The van der Waals surface area contributed by atoms with Crippen molar-refractivity contribution in [3.05, 3.63) is 29.3 Å². The number of hydrogen-bond acceptors (Lipinski definition) is 4. The molecule has 0 heterocycles. The Balaban J connectivity index is 1.63. The third kappa shape index (κ3) is 4.12. The lowest BCUT2D eigenvalue weighted by atomic mass is 10.1. The van der Waals surface area contributed by atoms with Crippen molar-refractivity contribution in [2.45, 2.75) is 25.9 Å². The number of hydrogen-bond donors (Lipinski definition) is 0. The van der Waals surface area contributed by atoms with Gasteiger partial charge in [-0.05, 0) is 30.7 Å². The molecule has 0 amide bonds. The number of carbonyl (C=O) groups is 1. The maximum atomic E-state index is 11.2. The van der Waals surface area contributed by atoms with Crippen molar-refractivity contribution in [2.24, 2.45) is 5.41 Å². The molecule has 1 aliphatic rings. The molecule has 20 heavy (non-hydrogen) atoms. The summed E-state index contributed by atoms with van der Waals surface area (Å²) in [7, 11) is 1.41. The van der Waals surface area contributed by atoms with E-state index in [1.54, 1.807) is 12.1 Å². The molecule has 2 unspecified atom stereocenters. The van der Waals surface area contributed by atoms with Crippen LogP contribution in [0.2, 0.25) is 5.02 Å². The van der Waals surface area contributed by atoms with Gasteiger partial charge in [-0.25, -0.2) is 0 Å². The van der Waals surface area contributed by atoms with Crippen molar-refractivity contribution in [3.63, 3.8) is 0 Å². The van der Waals surface area contributed by atoms with Crippen LogP contribution in [0.25, 0.3) is 0 Å². The van der Waals surface area contributed by atoms with Crippen LogP contribution in [0.4, 0.5) is 0 Å². The van der Waals surface area contributed by atoms with E-state index in [1.807, 2.05) is 19.1 Å². The van der Waals surface area contributed by atoms with Gasteiger partial charge in [0.2, 0.25) is 0 Å². The molecule has 0 radical (unpaired) electrons. The number of halogens is 1. The molecule has 0 aromatic heterocycles. The number of methoxy groups -OCH3 is 1. The minimum atomic E-state index is -0.184. The highest BCUT2D eigenvalue weighted by Gasteiger charge is 2.52. The molecule has 1 aromatic carbocycles. The van der Waals surface area contributed by atoms with E-state index in [2.05, 4.69) is 4.74 Å². The number of esters is 1. The molecule has 0 bridgehead atoms. The van der Waals surface area contributed by atoms with Crippen LogP contribution in [0.1, 0.15) is 19.8 Å². The summed E-state index contributed by atoms with van der Waals surface area (Å²) < 4.78 is 15.9. The first-order valence-electron chi connectivity index (χ1n) is 6.60. The van der Waals surface area contributed by atoms with Crippen molar-refractivity contribution in [2.75, 3.05) is 20.3 Å². The van der Waals surface area contributed by atoms with E-state index in [1.165, 1.54) is 7.11 Å². The SMILES string of the molecule is COC(=O)CC1(C)CC1OCCOc1ccc(Cl)cc1. The zero-order valence-corrected chi connectivity index (χ0v) is 12.5. The fraction of sp³-hybridized carbons (Fsp3) is 0.533. The predicted octanol–water partition coefficient (Wildman–Crippen LogP) is 3.08. The second-order valence-corrected chi connectivity index (χ2v) is 5.71. The van der Waals surface area contributed by atoms with E-state index in [0.717, 1.165) is 12.2 Å². The zero-order chi connectivity index (χ0) is 14.6. The largest absolute Gasteiger partial charge is 0.491 e. The van der Waals surface area contributed by atoms with Gasteiger partial charge in [0.25, 0.3) is 0 Å². The quantitative estimate of drug-likeness (QED) is 0.573. The topological polar surface area (TPSA) is 44.8 Å². The van der Waals surface area contributed by atoms with Crippen LogP contribution in [0, 0.1) is 5.41 Å². The Labute approximate surface area is 124 Å². The third-order valence-electron chi connectivity index (χ3n) is 3.53. The molecule has 5 heteroatoms. The Hall–Kier alpha value is -1.26. The monoisotopic (exact) mass is 298 g/mol. The average Bonchev–Trinajstić information content (AvgIpc) is 3.06. The smallest absolute Gasteiger partial charge is 0.306 e. The number of benzene rings is 1. The molecule has 1 aromatic rings. The summed E-state index contributed by atoms with van der Waals surface area (Å²) in [6.45, 7) is 3.02. The minimum Gasteiger partial charge on any atom is -0.491 e. The van der Waals surface area contributed by atoms with Gasteiger partial charge in [0, 0.05) is 10.4 Å². The van der Waals surface area contributed by atoms with Gasteiger partial charge in [0.1, 0.15) is 12.4 Å². The average molecular weight is 299 g/mol. The Bertz CT molecular complexity index is 459. The molecule has 2 atom stereocenters. The summed E-state index contributed by atoms with van der Waals surface area (Å²) in [5.41, 5.74) is -0.0760. The Morgan fingerprint density at radius 2 is 2.05 bits per heavy atom. The first kappa shape index (κ1) is 15.1. The predicted molar refractivity (Wildman–Crippen MR) is 76.0 cm³/mol. The summed E-state index contributed by atoms with van der Waals surface area (Å²) >= 11 is 5.79. The standard InChI is InChI=1S/C15H19ClO4/c1-15(10-14(17)18-2)9-13(15)20-8-7-19-12-5-3-11(16)4-6-12/h3-6,13H,7-10H2,1-2H3. The zero-order valence-electron chi connectivity index (χ0n) is 11.7. The van der Waals surface area contributed by atoms with Gasteiger partial charge >= 0.3 is 5.97 Å². The van der Waals surface area contributed by atoms with E-state index in [4.69, 9.17) is 21.1 Å². The van der Waals surface area contributed by atoms with E-state index in [-0.39, 0.29) is 17.5 Å². The second-order valence-electron chi connectivity index (χ2n) is 5.27. The molecule has 110 valence electrons. The fourth-order valence-corrected chi connectivity index (χ4v) is 2.22. The molecule has 0 spiro atoms. The van der Waals surface area contributed by atoms with Crippen molar-refractivity contribution >= 4 is 17.6 Å². The third-order valence-corrected chi connectivity index (χ3v) is 3.78. The maximum absolute atomic E-state index is 11.2. The minimum absolute atomic E-state index is 0.0760. The van der Waals surface area contributed by atoms with Crippen molar-refractivity contribution < 1.29 is 19.0 Å². The van der Waals surface area contributed by atoms with Crippen LogP contribution in [0.5, 0.6) is 5.75 Å². The lowest BCUT2D eigenvalue weighted by molar-refractivity contribution is -0.142. The van der Waals surface area contributed by atoms with Gasteiger partial charge in [-0.3, -0.25) is 4.79 Å². The van der Waals surface area contributed by atoms with Crippen LogP contribution in [-0.2, 0) is 14.3 Å². The molecule has 1 fully saturated rings. The van der Waals surface area contributed by atoms with E-state index in [0.29, 0.717) is 24.7 Å². The molecule has 2 rings (SSSR count). The summed E-state index contributed by atoms with van der Waals surface area (Å²) in [6.07, 6.45) is 1.42. The van der Waals surface area contributed by atoms with Crippen molar-refractivity contribution in [1.82, 2.24) is 0 Å². The molecule has 4 nitrogen and oxygen atoms in total. The highest BCUT2D eigenvalue weighted by Crippen LogP contribution is 2.50. The molecular formula is C15H19ClO4. The maximum Gasteiger partial charge on any atom is 0.306 e. The van der Waals surface area contributed by atoms with E-state index in [9.17, 15) is 4.79 Å². The summed E-state index contributed by atoms with van der Waals surface area (Å²) in [5.74, 6) is 0.585. The lowest BCUT2D eigenvalue weighted by Crippen LogP contribution is -2.15. The Morgan fingerprint density at radius 3 is 2.70 bits per heavy atom. The van der Waals surface area contributed by atoms with Crippen LogP contribution in [-0.4, -0.2) is 32.4 Å². The van der Waals surface area contributed by atoms with Gasteiger partial charge in [0.15, 0.2) is 0 Å². The normalized spacial score (nSPS) is 24.2. The highest BCUT2D eigenvalue weighted by atomic mass is 35.5. The first-order chi connectivity index (χ1) is 9.53. The van der Waals surface area contributed by atoms with E-state index >= 15 is 0 Å². The first-order valence-corrected chi connectivity index (χ1v) is 6.98. The van der Waals surface area contributed by atoms with Crippen molar-refractivity contribution in [3.8, 4) is 5.75 Å². The molecule has 1 aliphatic carbocycles. The molecular weight excluding hydrogens is 280 g/mol. The number of ether oxygens (including phenoxy) is 3. The highest BCUT2D eigenvalue weighted by molar-refractivity contribution is 6.30. The van der Waals surface area contributed by atoms with Crippen molar-refractivity contribution in [1.29, 1.82) is 0 Å². The fourth-order valence-electron chi connectivity index (χ4n) is 2.09. The van der Waals surface area contributed by atoms with Crippen LogP contribution < -0.4 is 4.74 Å². The summed E-state index contributed by atoms with van der Waals surface area (Å²) in [6, 6.07) is 7.21. The number of carbonyl (C=O) groups excluding carboxylic acids is 1. The Morgan fingerprint density at radius 1 is 1.35 bits per heavy atom. The van der Waals surface area contributed by atoms with Crippen LogP contribution in [0.15, 0.2) is 24.3 Å². The molecule has 1 saturated carbocycles. The summed E-state index contributed by atoms with van der Waals surface area (Å²) in [5, 5.41) is 0.685. The van der Waals surface area contributed by atoms with Gasteiger partial charge in [-0.15, -0.1) is 0 Å². The second kappa shape index (κ2) is 6.46. The molecule has 0 N–H and O–H groups in total. The van der Waals surface area contributed by atoms with Gasteiger partial charge in [0.05, 0.1) is 26.2 Å². The van der Waals surface area contributed by atoms with Crippen LogP contribution in [0.3, 0.4) is 0 Å². The van der Waals surface area contributed by atoms with E-state index < -0.39 is 0 Å². The van der Waals surface area contributed by atoms with Crippen LogP contribution >= 0.6 is 11.6 Å². The summed E-state index contributed by atoms with van der Waals surface area (Å²) in [4.78, 5) is 11.2. The van der Waals surface area contributed by atoms with Gasteiger partial charge in [-0.1, -0.05) is 18.5 Å². The van der Waals surface area contributed by atoms with Gasteiger partial charge < -0.3 is 14.2 Å². The molecule has 0 saturated heterocycles.